The van der Waals surface area contributed by atoms with Crippen LogP contribution in [0.2, 0.25) is 0 Å². The predicted octanol–water partition coefficient (Wildman–Crippen LogP) is 2.16. The minimum absolute atomic E-state index is 0.161. The molecule has 0 N–H and O–H groups in total. The van der Waals surface area contributed by atoms with Crippen molar-refractivity contribution in [2.45, 2.75) is 11.7 Å². The van der Waals surface area contributed by atoms with Crippen LogP contribution in [0.4, 0.5) is 5.69 Å². The average Bonchev–Trinajstić information content (AvgIpc) is 3.09. The van der Waals surface area contributed by atoms with E-state index in [0.717, 1.165) is 16.7 Å². The van der Waals surface area contributed by atoms with Crippen LogP contribution < -0.4 is 9.64 Å². The fourth-order valence-electron chi connectivity index (χ4n) is 2.21. The molecule has 0 radical (unpaired) electrons. The number of nitrogens with zero attached hydrogens (tertiary/aromatic N) is 2. The van der Waals surface area contributed by atoms with Gasteiger partial charge < -0.3 is 4.74 Å². The molecule has 21 heavy (non-hydrogen) atoms. The minimum Gasteiger partial charge on any atom is -0.497 e. The number of hydrogen-bond donors (Lipinski definition) is 0. The Morgan fingerprint density at radius 1 is 1.33 bits per heavy atom. The fraction of sp³-hybridized carbons (Fsp3) is 0.357. The van der Waals surface area contributed by atoms with Gasteiger partial charge in [-0.2, -0.15) is 0 Å². The van der Waals surface area contributed by atoms with Crippen molar-refractivity contribution < 1.29 is 14.3 Å². The Bertz CT molecular complexity index is 601. The summed E-state index contributed by atoms with van der Waals surface area (Å²) in [6.07, 6.45) is 0.231. The zero-order valence-electron chi connectivity index (χ0n) is 11.4. The second-order valence-corrected chi connectivity index (χ2v) is 7.11. The Labute approximate surface area is 131 Å². The standard InChI is InChI=1S/C14H14N2O3S2/c1-19-10-4-2-9(3-5-10)16-12(17)8-11(13(16)18)21-14-15-6-7-20-14/h2-5,11H,6-8H2,1H3/t11-/m0/s1. The number of carbonyl (C=O) groups is 2. The van der Waals surface area contributed by atoms with Gasteiger partial charge in [0, 0.05) is 12.2 Å². The van der Waals surface area contributed by atoms with Gasteiger partial charge in [-0.25, -0.2) is 4.90 Å². The molecular formula is C14H14N2O3S2. The highest BCUT2D eigenvalue weighted by Gasteiger charge is 2.40. The van der Waals surface area contributed by atoms with E-state index < -0.39 is 0 Å². The fourth-order valence-corrected chi connectivity index (χ4v) is 4.46. The van der Waals surface area contributed by atoms with Crippen molar-refractivity contribution in [3.05, 3.63) is 24.3 Å². The van der Waals surface area contributed by atoms with Crippen molar-refractivity contribution in [2.75, 3.05) is 24.3 Å². The summed E-state index contributed by atoms with van der Waals surface area (Å²) in [7, 11) is 1.58. The van der Waals surface area contributed by atoms with Gasteiger partial charge in [-0.3, -0.25) is 14.6 Å². The third-order valence-corrected chi connectivity index (χ3v) is 5.63. The summed E-state index contributed by atoms with van der Waals surface area (Å²) in [4.78, 5) is 30.2. The number of carbonyl (C=O) groups excluding carboxylic acids is 2. The highest BCUT2D eigenvalue weighted by atomic mass is 32.2. The normalized spacial score (nSPS) is 21.9. The topological polar surface area (TPSA) is 59.0 Å². The molecule has 0 bridgehead atoms. The quantitative estimate of drug-likeness (QED) is 0.798. The Morgan fingerprint density at radius 2 is 2.10 bits per heavy atom. The average molecular weight is 322 g/mol. The number of thioether (sulfide) groups is 2. The third-order valence-electron chi connectivity index (χ3n) is 3.24. The lowest BCUT2D eigenvalue weighted by molar-refractivity contribution is -0.121. The van der Waals surface area contributed by atoms with Gasteiger partial charge in [0.15, 0.2) is 0 Å². The summed E-state index contributed by atoms with van der Waals surface area (Å²) in [6, 6.07) is 6.94. The van der Waals surface area contributed by atoms with E-state index in [1.165, 1.54) is 16.7 Å². The number of benzene rings is 1. The van der Waals surface area contributed by atoms with Gasteiger partial charge in [-0.05, 0) is 24.3 Å². The largest absolute Gasteiger partial charge is 0.497 e. The summed E-state index contributed by atoms with van der Waals surface area (Å²) in [5.74, 6) is 1.33. The summed E-state index contributed by atoms with van der Waals surface area (Å²) in [6.45, 7) is 0.796. The summed E-state index contributed by atoms with van der Waals surface area (Å²) < 4.78 is 6.00. The summed E-state index contributed by atoms with van der Waals surface area (Å²) in [5.41, 5.74) is 0.593. The van der Waals surface area contributed by atoms with Crippen molar-refractivity contribution in [1.82, 2.24) is 0 Å². The van der Waals surface area contributed by atoms with Crippen molar-refractivity contribution in [2.24, 2.45) is 4.99 Å². The molecule has 2 heterocycles. The molecule has 2 aliphatic rings. The second kappa shape index (κ2) is 6.11. The highest BCUT2D eigenvalue weighted by Crippen LogP contribution is 2.34. The van der Waals surface area contributed by atoms with Crippen LogP contribution in [0.3, 0.4) is 0 Å². The van der Waals surface area contributed by atoms with Crippen molar-refractivity contribution in [3.8, 4) is 5.75 Å². The smallest absolute Gasteiger partial charge is 0.247 e. The first-order valence-corrected chi connectivity index (χ1v) is 8.40. The van der Waals surface area contributed by atoms with Gasteiger partial charge in [0.1, 0.15) is 15.4 Å². The lowest BCUT2D eigenvalue weighted by atomic mass is 10.3. The number of hydrogen-bond acceptors (Lipinski definition) is 6. The first-order valence-electron chi connectivity index (χ1n) is 6.54. The molecule has 2 aliphatic heterocycles. The number of rotatable bonds is 3. The summed E-state index contributed by atoms with van der Waals surface area (Å²) in [5, 5.41) is -0.357. The van der Waals surface area contributed by atoms with Crippen molar-refractivity contribution in [1.29, 1.82) is 0 Å². The number of anilines is 1. The van der Waals surface area contributed by atoms with Crippen LogP contribution in [0.1, 0.15) is 6.42 Å². The molecule has 0 saturated carbocycles. The molecule has 3 rings (SSSR count). The van der Waals surface area contributed by atoms with Gasteiger partial charge in [0.2, 0.25) is 11.8 Å². The lowest BCUT2D eigenvalue weighted by Crippen LogP contribution is -2.31. The molecule has 1 fully saturated rings. The van der Waals surface area contributed by atoms with E-state index in [9.17, 15) is 9.59 Å². The minimum atomic E-state index is -0.357. The first-order chi connectivity index (χ1) is 10.2. The van der Waals surface area contributed by atoms with Crippen LogP contribution >= 0.6 is 23.5 Å². The van der Waals surface area contributed by atoms with Crippen molar-refractivity contribution >= 4 is 45.4 Å². The first kappa shape index (κ1) is 14.5. The van der Waals surface area contributed by atoms with Gasteiger partial charge in [-0.15, -0.1) is 0 Å². The van der Waals surface area contributed by atoms with E-state index in [4.69, 9.17) is 4.74 Å². The monoisotopic (exact) mass is 322 g/mol. The highest BCUT2D eigenvalue weighted by molar-refractivity contribution is 8.39. The number of methoxy groups -OCH3 is 1. The van der Waals surface area contributed by atoms with Crippen LogP contribution in [0, 0.1) is 0 Å². The van der Waals surface area contributed by atoms with E-state index in [1.54, 1.807) is 43.1 Å². The molecule has 0 unspecified atom stereocenters. The van der Waals surface area contributed by atoms with Gasteiger partial charge in [0.05, 0.1) is 19.3 Å². The Morgan fingerprint density at radius 3 is 2.71 bits per heavy atom. The number of amides is 2. The van der Waals surface area contributed by atoms with E-state index >= 15 is 0 Å². The molecule has 2 amide bonds. The van der Waals surface area contributed by atoms with E-state index in [1.807, 2.05) is 0 Å². The molecular weight excluding hydrogens is 308 g/mol. The molecule has 0 aromatic heterocycles. The molecule has 110 valence electrons. The van der Waals surface area contributed by atoms with E-state index in [-0.39, 0.29) is 23.5 Å². The zero-order chi connectivity index (χ0) is 14.8. The summed E-state index contributed by atoms with van der Waals surface area (Å²) >= 11 is 3.06. The SMILES string of the molecule is COc1ccc(N2C(=O)C[C@H](SC3=NCCS3)C2=O)cc1. The molecule has 1 atom stereocenters. The molecule has 1 saturated heterocycles. The number of imide groups is 1. The molecule has 1 aromatic rings. The second-order valence-electron chi connectivity index (χ2n) is 4.57. The van der Waals surface area contributed by atoms with E-state index in [2.05, 4.69) is 4.99 Å². The predicted molar refractivity (Wildman–Crippen MR) is 86.2 cm³/mol. The Kier molecular flexibility index (Phi) is 4.21. The van der Waals surface area contributed by atoms with Crippen LogP contribution in [0.15, 0.2) is 29.3 Å². The van der Waals surface area contributed by atoms with Crippen LogP contribution in [0.25, 0.3) is 0 Å². The molecule has 1 aromatic carbocycles. The van der Waals surface area contributed by atoms with Crippen LogP contribution in [-0.4, -0.2) is 40.8 Å². The zero-order valence-corrected chi connectivity index (χ0v) is 13.1. The van der Waals surface area contributed by atoms with Gasteiger partial charge >= 0.3 is 0 Å². The Balaban J connectivity index is 1.76. The van der Waals surface area contributed by atoms with E-state index in [0.29, 0.717) is 11.4 Å². The van der Waals surface area contributed by atoms with Gasteiger partial charge in [-0.1, -0.05) is 23.5 Å². The van der Waals surface area contributed by atoms with Gasteiger partial charge in [0.25, 0.3) is 0 Å². The maximum absolute atomic E-state index is 12.4. The number of ether oxygens (including phenoxy) is 1. The number of aliphatic imine (C=N–C) groups is 1. The molecule has 7 heteroatoms. The molecule has 5 nitrogen and oxygen atoms in total. The van der Waals surface area contributed by atoms with Crippen LogP contribution in [0.5, 0.6) is 5.75 Å². The van der Waals surface area contributed by atoms with Crippen molar-refractivity contribution in [3.63, 3.8) is 0 Å². The maximum atomic E-state index is 12.4. The lowest BCUT2D eigenvalue weighted by Gasteiger charge is -2.15. The maximum Gasteiger partial charge on any atom is 0.247 e. The molecule has 0 aliphatic carbocycles. The third kappa shape index (κ3) is 2.94. The van der Waals surface area contributed by atoms with Crippen LogP contribution in [-0.2, 0) is 9.59 Å². The Hall–Kier alpha value is -1.47. The molecule has 0 spiro atoms.